The summed E-state index contributed by atoms with van der Waals surface area (Å²) < 4.78 is 36.7. The van der Waals surface area contributed by atoms with Crippen molar-refractivity contribution in [2.45, 2.75) is 18.6 Å². The number of carboxylic acid groups (broad SMARTS) is 1. The lowest BCUT2D eigenvalue weighted by molar-refractivity contribution is -0.136. The van der Waals surface area contributed by atoms with Crippen molar-refractivity contribution < 1.29 is 27.8 Å². The van der Waals surface area contributed by atoms with Crippen LogP contribution in [0.4, 0.5) is 5.69 Å². The lowest BCUT2D eigenvalue weighted by Crippen LogP contribution is -2.32. The second kappa shape index (κ2) is 5.58. The van der Waals surface area contributed by atoms with Gasteiger partial charge in [-0.3, -0.25) is 9.52 Å². The Labute approximate surface area is 116 Å². The van der Waals surface area contributed by atoms with E-state index in [1.165, 1.54) is 12.1 Å². The molecule has 1 aliphatic rings. The molecule has 0 bridgehead atoms. The van der Waals surface area contributed by atoms with Crippen LogP contribution >= 0.6 is 0 Å². The van der Waals surface area contributed by atoms with Gasteiger partial charge in [-0.2, -0.15) is 0 Å². The zero-order chi connectivity index (χ0) is 14.8. The molecular formula is C12H15NO6S. The van der Waals surface area contributed by atoms with Crippen LogP contribution in [0.25, 0.3) is 0 Å². The molecule has 1 heterocycles. The lowest BCUT2D eigenvalue weighted by Gasteiger charge is -2.13. The molecule has 1 aromatic carbocycles. The van der Waals surface area contributed by atoms with E-state index in [0.717, 1.165) is 13.3 Å². The molecule has 1 aromatic rings. The summed E-state index contributed by atoms with van der Waals surface area (Å²) in [5, 5.41) is 7.22. The Balaban J connectivity index is 2.22. The third-order valence-electron chi connectivity index (χ3n) is 2.82. The monoisotopic (exact) mass is 301 g/mol. The number of hydrogen-bond donors (Lipinski definition) is 2. The maximum Gasteiger partial charge on any atom is 0.323 e. The second-order valence-corrected chi connectivity index (χ2v) is 6.34. The molecule has 2 N–H and O–H groups in total. The number of ether oxygens (including phenoxy) is 2. The van der Waals surface area contributed by atoms with Crippen LogP contribution < -0.4 is 14.2 Å². The number of nitrogens with one attached hydrogen (secondary N) is 1. The molecule has 0 fully saturated rings. The van der Waals surface area contributed by atoms with E-state index in [1.54, 1.807) is 6.07 Å². The van der Waals surface area contributed by atoms with Gasteiger partial charge in [0.15, 0.2) is 16.7 Å². The average molecular weight is 301 g/mol. The van der Waals surface area contributed by atoms with E-state index < -0.39 is 21.2 Å². The first-order valence-corrected chi connectivity index (χ1v) is 7.59. The van der Waals surface area contributed by atoms with Crippen LogP contribution in [0, 0.1) is 0 Å². The van der Waals surface area contributed by atoms with Gasteiger partial charge in [0.1, 0.15) is 0 Å². The Morgan fingerprint density at radius 3 is 2.60 bits per heavy atom. The van der Waals surface area contributed by atoms with Gasteiger partial charge in [-0.1, -0.05) is 0 Å². The Kier molecular flexibility index (Phi) is 4.03. The Morgan fingerprint density at radius 2 is 1.95 bits per heavy atom. The molecule has 0 saturated heterocycles. The van der Waals surface area contributed by atoms with E-state index in [9.17, 15) is 13.2 Å². The van der Waals surface area contributed by atoms with Gasteiger partial charge in [0.2, 0.25) is 10.0 Å². The Bertz CT molecular complexity index is 612. The molecule has 0 aliphatic carbocycles. The van der Waals surface area contributed by atoms with Gasteiger partial charge in [-0.25, -0.2) is 8.42 Å². The molecule has 1 aliphatic heterocycles. The molecule has 0 spiro atoms. The van der Waals surface area contributed by atoms with Crippen LogP contribution in [-0.4, -0.2) is 38.0 Å². The molecule has 1 unspecified atom stereocenters. The largest absolute Gasteiger partial charge is 0.490 e. The smallest absolute Gasteiger partial charge is 0.323 e. The molecule has 110 valence electrons. The number of carboxylic acids is 1. The minimum atomic E-state index is -3.99. The predicted molar refractivity (Wildman–Crippen MR) is 71.7 cm³/mol. The van der Waals surface area contributed by atoms with Gasteiger partial charge in [0.25, 0.3) is 0 Å². The maximum absolute atomic E-state index is 11.8. The first kappa shape index (κ1) is 14.4. The summed E-state index contributed by atoms with van der Waals surface area (Å²) >= 11 is 0. The fourth-order valence-electron chi connectivity index (χ4n) is 1.61. The number of anilines is 1. The lowest BCUT2D eigenvalue weighted by atomic mass is 10.3. The maximum atomic E-state index is 11.8. The number of rotatable bonds is 4. The molecule has 1 atom stereocenters. The van der Waals surface area contributed by atoms with E-state index in [-0.39, 0.29) is 5.69 Å². The van der Waals surface area contributed by atoms with Gasteiger partial charge in [-0.15, -0.1) is 0 Å². The zero-order valence-corrected chi connectivity index (χ0v) is 11.6. The molecule has 7 nitrogen and oxygen atoms in total. The molecule has 2 rings (SSSR count). The van der Waals surface area contributed by atoms with Gasteiger partial charge >= 0.3 is 5.97 Å². The highest BCUT2D eigenvalue weighted by molar-refractivity contribution is 7.94. The van der Waals surface area contributed by atoms with Crippen LogP contribution in [-0.2, 0) is 14.8 Å². The molecule has 8 heteroatoms. The van der Waals surface area contributed by atoms with Crippen molar-refractivity contribution in [2.75, 3.05) is 17.9 Å². The van der Waals surface area contributed by atoms with Crippen molar-refractivity contribution in [3.8, 4) is 11.5 Å². The SMILES string of the molecule is CC(C(=O)O)S(=O)(=O)Nc1ccc2c(c1)OCCCO2. The number of sulfonamides is 1. The topological polar surface area (TPSA) is 102 Å². The molecule has 20 heavy (non-hydrogen) atoms. The van der Waals surface area contributed by atoms with Crippen molar-refractivity contribution in [3.05, 3.63) is 18.2 Å². The molecule has 0 aromatic heterocycles. The van der Waals surface area contributed by atoms with Crippen molar-refractivity contribution in [1.29, 1.82) is 0 Å². The van der Waals surface area contributed by atoms with Crippen molar-refractivity contribution in [1.82, 2.24) is 0 Å². The molecule has 0 amide bonds. The third kappa shape index (κ3) is 3.13. The van der Waals surface area contributed by atoms with Crippen LogP contribution in [0.5, 0.6) is 11.5 Å². The summed E-state index contributed by atoms with van der Waals surface area (Å²) in [7, 11) is -3.99. The third-order valence-corrected chi connectivity index (χ3v) is 4.47. The van der Waals surface area contributed by atoms with Crippen molar-refractivity contribution in [3.63, 3.8) is 0 Å². The highest BCUT2D eigenvalue weighted by Crippen LogP contribution is 2.32. The quantitative estimate of drug-likeness (QED) is 0.862. The second-order valence-electron chi connectivity index (χ2n) is 4.34. The predicted octanol–water partition coefficient (Wildman–Crippen LogP) is 1.06. The van der Waals surface area contributed by atoms with Gasteiger partial charge in [0, 0.05) is 12.5 Å². The number of fused-ring (bicyclic) bond motifs is 1. The van der Waals surface area contributed by atoms with E-state index in [2.05, 4.69) is 4.72 Å². The van der Waals surface area contributed by atoms with Gasteiger partial charge in [0.05, 0.1) is 18.9 Å². The normalized spacial score (nSPS) is 16.1. The molecular weight excluding hydrogens is 286 g/mol. The molecule has 0 radical (unpaired) electrons. The first-order chi connectivity index (χ1) is 9.40. The van der Waals surface area contributed by atoms with Crippen LogP contribution in [0.2, 0.25) is 0 Å². The standard InChI is InChI=1S/C12H15NO6S/c1-8(12(14)15)20(16,17)13-9-3-4-10-11(7-9)19-6-2-5-18-10/h3-4,7-8,13H,2,5-6H2,1H3,(H,14,15). The average Bonchev–Trinajstić information content (AvgIpc) is 2.61. The summed E-state index contributed by atoms with van der Waals surface area (Å²) in [5.74, 6) is -0.436. The van der Waals surface area contributed by atoms with Gasteiger partial charge in [-0.05, 0) is 19.1 Å². The first-order valence-electron chi connectivity index (χ1n) is 6.04. The van der Waals surface area contributed by atoms with Crippen molar-refractivity contribution in [2.24, 2.45) is 0 Å². The fraction of sp³-hybridized carbons (Fsp3) is 0.417. The minimum Gasteiger partial charge on any atom is -0.490 e. The Hall–Kier alpha value is -1.96. The molecule has 0 saturated carbocycles. The highest BCUT2D eigenvalue weighted by Gasteiger charge is 2.27. The van der Waals surface area contributed by atoms with E-state index >= 15 is 0 Å². The number of benzene rings is 1. The van der Waals surface area contributed by atoms with Crippen LogP contribution in [0.3, 0.4) is 0 Å². The number of carbonyl (C=O) groups is 1. The van der Waals surface area contributed by atoms with E-state index in [0.29, 0.717) is 24.7 Å². The highest BCUT2D eigenvalue weighted by atomic mass is 32.2. The summed E-state index contributed by atoms with van der Waals surface area (Å²) in [6.07, 6.45) is 0.742. The van der Waals surface area contributed by atoms with E-state index in [1.807, 2.05) is 0 Å². The minimum absolute atomic E-state index is 0.238. The number of aliphatic carboxylic acids is 1. The van der Waals surface area contributed by atoms with Crippen molar-refractivity contribution >= 4 is 21.7 Å². The van der Waals surface area contributed by atoms with E-state index in [4.69, 9.17) is 14.6 Å². The summed E-state index contributed by atoms with van der Waals surface area (Å²) in [6.45, 7) is 2.12. The van der Waals surface area contributed by atoms with Crippen LogP contribution in [0.15, 0.2) is 18.2 Å². The zero-order valence-electron chi connectivity index (χ0n) is 10.8. The van der Waals surface area contributed by atoms with Crippen LogP contribution in [0.1, 0.15) is 13.3 Å². The summed E-state index contributed by atoms with van der Waals surface area (Å²) in [4.78, 5) is 10.8. The summed E-state index contributed by atoms with van der Waals surface area (Å²) in [5.41, 5.74) is 0.238. The Morgan fingerprint density at radius 1 is 1.30 bits per heavy atom. The number of hydrogen-bond acceptors (Lipinski definition) is 5. The summed E-state index contributed by atoms with van der Waals surface area (Å²) in [6, 6.07) is 4.57. The van der Waals surface area contributed by atoms with Gasteiger partial charge < -0.3 is 14.6 Å². The fourth-order valence-corrected chi connectivity index (χ4v) is 2.51.